The van der Waals surface area contributed by atoms with E-state index in [4.69, 9.17) is 4.74 Å². The van der Waals surface area contributed by atoms with Crippen LogP contribution in [-0.2, 0) is 6.54 Å². The molecule has 2 rings (SSSR count). The van der Waals surface area contributed by atoms with Crippen LogP contribution in [0.2, 0.25) is 0 Å². The molecule has 0 fully saturated rings. The molecule has 0 aliphatic carbocycles. The fourth-order valence-corrected chi connectivity index (χ4v) is 2.76. The Morgan fingerprint density at radius 2 is 1.95 bits per heavy atom. The Kier molecular flexibility index (Phi) is 5.68. The minimum Gasteiger partial charge on any atom is -0.456 e. The Morgan fingerprint density at radius 3 is 2.57 bits per heavy atom. The standard InChI is InChI=1S/C17H18N2OS/c1-3-21-17-6-4-5-16(15(17)11-18)20-14-9-7-13(8-10-14)12-19-2/h4-10,19H,3,12H2,1-2H3. The number of thioether (sulfide) groups is 1. The highest BCUT2D eigenvalue weighted by Crippen LogP contribution is 2.32. The van der Waals surface area contributed by atoms with Crippen molar-refractivity contribution in [2.75, 3.05) is 12.8 Å². The molecule has 0 aliphatic heterocycles. The van der Waals surface area contributed by atoms with Crippen LogP contribution >= 0.6 is 11.8 Å². The van der Waals surface area contributed by atoms with Gasteiger partial charge in [0.05, 0.1) is 0 Å². The Bertz CT molecular complexity index is 632. The first-order valence-corrected chi connectivity index (χ1v) is 7.84. The lowest BCUT2D eigenvalue weighted by Crippen LogP contribution is -2.04. The van der Waals surface area contributed by atoms with E-state index in [1.54, 1.807) is 11.8 Å². The first-order valence-electron chi connectivity index (χ1n) is 6.85. The predicted molar refractivity (Wildman–Crippen MR) is 86.8 cm³/mol. The van der Waals surface area contributed by atoms with Gasteiger partial charge >= 0.3 is 0 Å². The van der Waals surface area contributed by atoms with Crippen LogP contribution in [-0.4, -0.2) is 12.8 Å². The van der Waals surface area contributed by atoms with Gasteiger partial charge in [0.1, 0.15) is 23.1 Å². The highest BCUT2D eigenvalue weighted by Gasteiger charge is 2.10. The summed E-state index contributed by atoms with van der Waals surface area (Å²) in [6, 6.07) is 15.8. The molecule has 2 aromatic rings. The van der Waals surface area contributed by atoms with E-state index in [2.05, 4.69) is 18.3 Å². The highest BCUT2D eigenvalue weighted by molar-refractivity contribution is 7.99. The summed E-state index contributed by atoms with van der Waals surface area (Å²) in [5, 5.41) is 12.5. The summed E-state index contributed by atoms with van der Waals surface area (Å²) in [6.07, 6.45) is 0. The van der Waals surface area contributed by atoms with Crippen molar-refractivity contribution in [2.45, 2.75) is 18.4 Å². The van der Waals surface area contributed by atoms with Crippen LogP contribution in [0.3, 0.4) is 0 Å². The zero-order valence-corrected chi connectivity index (χ0v) is 13.0. The highest BCUT2D eigenvalue weighted by atomic mass is 32.2. The number of nitrogens with one attached hydrogen (secondary N) is 1. The second kappa shape index (κ2) is 7.72. The van der Waals surface area contributed by atoms with Crippen LogP contribution in [0.1, 0.15) is 18.1 Å². The normalized spacial score (nSPS) is 10.1. The maximum Gasteiger partial charge on any atom is 0.146 e. The summed E-state index contributed by atoms with van der Waals surface area (Å²) in [6.45, 7) is 2.90. The topological polar surface area (TPSA) is 45.0 Å². The van der Waals surface area contributed by atoms with Gasteiger partial charge in [-0.05, 0) is 42.6 Å². The van der Waals surface area contributed by atoms with Crippen LogP contribution in [0.25, 0.3) is 0 Å². The summed E-state index contributed by atoms with van der Waals surface area (Å²) >= 11 is 1.65. The van der Waals surface area contributed by atoms with Gasteiger partial charge in [0.15, 0.2) is 0 Å². The molecule has 2 aromatic carbocycles. The Hall–Kier alpha value is -1.96. The van der Waals surface area contributed by atoms with Gasteiger partial charge in [-0.3, -0.25) is 0 Å². The third-order valence-electron chi connectivity index (χ3n) is 2.93. The quantitative estimate of drug-likeness (QED) is 0.813. The molecule has 0 bridgehead atoms. The summed E-state index contributed by atoms with van der Waals surface area (Å²) in [7, 11) is 1.92. The maximum atomic E-state index is 9.37. The molecule has 3 nitrogen and oxygen atoms in total. The third-order valence-corrected chi connectivity index (χ3v) is 3.87. The zero-order valence-electron chi connectivity index (χ0n) is 12.2. The van der Waals surface area contributed by atoms with E-state index >= 15 is 0 Å². The van der Waals surface area contributed by atoms with Gasteiger partial charge in [-0.15, -0.1) is 11.8 Å². The van der Waals surface area contributed by atoms with Crippen molar-refractivity contribution >= 4 is 11.8 Å². The first kappa shape index (κ1) is 15.4. The molecule has 0 atom stereocenters. The van der Waals surface area contributed by atoms with E-state index in [-0.39, 0.29) is 0 Å². The van der Waals surface area contributed by atoms with Crippen LogP contribution in [0.4, 0.5) is 0 Å². The second-order valence-corrected chi connectivity index (χ2v) is 5.76. The molecular weight excluding hydrogens is 280 g/mol. The smallest absolute Gasteiger partial charge is 0.146 e. The van der Waals surface area contributed by atoms with E-state index < -0.39 is 0 Å². The second-order valence-electron chi connectivity index (χ2n) is 4.45. The van der Waals surface area contributed by atoms with Crippen LogP contribution in [0.15, 0.2) is 47.4 Å². The average molecular weight is 298 g/mol. The summed E-state index contributed by atoms with van der Waals surface area (Å²) in [4.78, 5) is 0.962. The zero-order chi connectivity index (χ0) is 15.1. The van der Waals surface area contributed by atoms with Crippen molar-refractivity contribution in [3.05, 3.63) is 53.6 Å². The molecule has 0 unspecified atom stereocenters. The number of rotatable bonds is 6. The number of nitriles is 1. The molecule has 0 amide bonds. The lowest BCUT2D eigenvalue weighted by atomic mass is 10.2. The Balaban J connectivity index is 2.23. The Morgan fingerprint density at radius 1 is 1.19 bits per heavy atom. The largest absolute Gasteiger partial charge is 0.456 e. The lowest BCUT2D eigenvalue weighted by Gasteiger charge is -2.10. The first-order chi connectivity index (χ1) is 10.3. The number of hydrogen-bond donors (Lipinski definition) is 1. The number of hydrogen-bond acceptors (Lipinski definition) is 4. The van der Waals surface area contributed by atoms with Gasteiger partial charge in [0.2, 0.25) is 0 Å². The van der Waals surface area contributed by atoms with Gasteiger partial charge in [0.25, 0.3) is 0 Å². The van der Waals surface area contributed by atoms with Crippen molar-refractivity contribution < 1.29 is 4.74 Å². The van der Waals surface area contributed by atoms with Crippen molar-refractivity contribution in [3.63, 3.8) is 0 Å². The minimum absolute atomic E-state index is 0.601. The number of benzene rings is 2. The van der Waals surface area contributed by atoms with Crippen molar-refractivity contribution in [1.82, 2.24) is 5.32 Å². The molecule has 0 spiro atoms. The van der Waals surface area contributed by atoms with Crippen LogP contribution < -0.4 is 10.1 Å². The van der Waals surface area contributed by atoms with Crippen molar-refractivity contribution in [1.29, 1.82) is 5.26 Å². The fraction of sp³-hybridized carbons (Fsp3) is 0.235. The van der Waals surface area contributed by atoms with Crippen molar-refractivity contribution in [3.8, 4) is 17.6 Å². The van der Waals surface area contributed by atoms with Crippen LogP contribution in [0, 0.1) is 11.3 Å². The molecule has 1 N–H and O–H groups in total. The van der Waals surface area contributed by atoms with E-state index in [1.807, 2.05) is 49.5 Å². The lowest BCUT2D eigenvalue weighted by molar-refractivity contribution is 0.479. The molecule has 21 heavy (non-hydrogen) atoms. The van der Waals surface area contributed by atoms with Crippen molar-refractivity contribution in [2.24, 2.45) is 0 Å². The maximum absolute atomic E-state index is 9.37. The monoisotopic (exact) mass is 298 g/mol. The molecule has 0 saturated carbocycles. The molecular formula is C17H18N2OS. The van der Waals surface area contributed by atoms with Gasteiger partial charge in [-0.25, -0.2) is 0 Å². The summed E-state index contributed by atoms with van der Waals surface area (Å²) in [5.74, 6) is 2.28. The van der Waals surface area contributed by atoms with Gasteiger partial charge in [0, 0.05) is 11.4 Å². The number of nitrogens with zero attached hydrogens (tertiary/aromatic N) is 1. The van der Waals surface area contributed by atoms with Gasteiger partial charge in [-0.1, -0.05) is 25.1 Å². The Labute approximate surface area is 129 Å². The van der Waals surface area contributed by atoms with E-state index in [0.29, 0.717) is 11.3 Å². The van der Waals surface area contributed by atoms with E-state index in [9.17, 15) is 5.26 Å². The summed E-state index contributed by atoms with van der Waals surface area (Å²) < 4.78 is 5.86. The fourth-order valence-electron chi connectivity index (χ4n) is 1.99. The SMILES string of the molecule is CCSc1cccc(Oc2ccc(CNC)cc2)c1C#N. The molecule has 0 aliphatic rings. The predicted octanol–water partition coefficient (Wildman–Crippen LogP) is 4.18. The van der Waals surface area contributed by atoms with Crippen LogP contribution in [0.5, 0.6) is 11.5 Å². The third kappa shape index (κ3) is 4.01. The molecule has 108 valence electrons. The van der Waals surface area contributed by atoms with Gasteiger partial charge in [-0.2, -0.15) is 5.26 Å². The minimum atomic E-state index is 0.601. The number of ether oxygens (including phenoxy) is 1. The average Bonchev–Trinajstić information content (AvgIpc) is 2.50. The van der Waals surface area contributed by atoms with E-state index in [1.165, 1.54) is 5.56 Å². The molecule has 0 heterocycles. The molecule has 0 radical (unpaired) electrons. The molecule has 4 heteroatoms. The molecule has 0 saturated heterocycles. The molecule has 0 aromatic heterocycles. The summed E-state index contributed by atoms with van der Waals surface area (Å²) in [5.41, 5.74) is 1.80. The van der Waals surface area contributed by atoms with Gasteiger partial charge < -0.3 is 10.1 Å². The van der Waals surface area contributed by atoms with E-state index in [0.717, 1.165) is 22.9 Å².